The van der Waals surface area contributed by atoms with E-state index >= 15 is 0 Å². The summed E-state index contributed by atoms with van der Waals surface area (Å²) in [5, 5.41) is 0. The van der Waals surface area contributed by atoms with Gasteiger partial charge in [-0.3, -0.25) is 4.79 Å². The molecule has 1 aliphatic carbocycles. The number of nitrogens with zero attached hydrogens (tertiary/aromatic N) is 1. The summed E-state index contributed by atoms with van der Waals surface area (Å²) in [6.45, 7) is 6.60. The summed E-state index contributed by atoms with van der Waals surface area (Å²) in [6.07, 6.45) is 8.38. The SMILES string of the molecule is CC(C)CC1COCCN1C(=O)C1CC=CCC1. The lowest BCUT2D eigenvalue weighted by Gasteiger charge is -2.38. The Bertz CT molecular complexity index is 312. The van der Waals surface area contributed by atoms with Crippen molar-refractivity contribution in [3.8, 4) is 0 Å². The molecule has 2 rings (SSSR count). The van der Waals surface area contributed by atoms with Crippen molar-refractivity contribution in [1.82, 2.24) is 4.90 Å². The molecule has 102 valence electrons. The number of ether oxygens (including phenoxy) is 1. The minimum Gasteiger partial charge on any atom is -0.377 e. The largest absolute Gasteiger partial charge is 0.377 e. The van der Waals surface area contributed by atoms with Crippen LogP contribution < -0.4 is 0 Å². The Hall–Kier alpha value is -0.830. The van der Waals surface area contributed by atoms with Crippen molar-refractivity contribution in [2.75, 3.05) is 19.8 Å². The molecule has 2 atom stereocenters. The van der Waals surface area contributed by atoms with Gasteiger partial charge in [0.25, 0.3) is 0 Å². The van der Waals surface area contributed by atoms with Gasteiger partial charge in [-0.05, 0) is 31.6 Å². The van der Waals surface area contributed by atoms with Gasteiger partial charge in [0, 0.05) is 12.5 Å². The molecule has 1 heterocycles. The van der Waals surface area contributed by atoms with E-state index in [9.17, 15) is 4.79 Å². The lowest BCUT2D eigenvalue weighted by Crippen LogP contribution is -2.51. The summed E-state index contributed by atoms with van der Waals surface area (Å²) in [7, 11) is 0. The first-order valence-electron chi connectivity index (χ1n) is 7.21. The van der Waals surface area contributed by atoms with Gasteiger partial charge in [0.2, 0.25) is 5.91 Å². The third-order valence-electron chi connectivity index (χ3n) is 3.87. The standard InChI is InChI=1S/C15H25NO2/c1-12(2)10-14-11-18-9-8-16(14)15(17)13-6-4-3-5-7-13/h3-4,12-14H,5-11H2,1-2H3. The molecule has 0 radical (unpaired) electrons. The third-order valence-corrected chi connectivity index (χ3v) is 3.87. The molecule has 0 aromatic carbocycles. The fourth-order valence-corrected chi connectivity index (χ4v) is 2.94. The molecule has 0 saturated carbocycles. The van der Waals surface area contributed by atoms with E-state index in [1.807, 2.05) is 0 Å². The monoisotopic (exact) mass is 251 g/mol. The van der Waals surface area contributed by atoms with Crippen LogP contribution in [0.3, 0.4) is 0 Å². The van der Waals surface area contributed by atoms with Crippen LogP contribution in [-0.4, -0.2) is 36.6 Å². The minimum atomic E-state index is 0.211. The fraction of sp³-hybridized carbons (Fsp3) is 0.800. The van der Waals surface area contributed by atoms with Gasteiger partial charge in [-0.2, -0.15) is 0 Å². The number of morpholine rings is 1. The first-order chi connectivity index (χ1) is 8.68. The number of hydrogen-bond donors (Lipinski definition) is 0. The maximum atomic E-state index is 12.6. The second kappa shape index (κ2) is 6.37. The average Bonchev–Trinajstić information content (AvgIpc) is 2.39. The van der Waals surface area contributed by atoms with E-state index in [4.69, 9.17) is 4.74 Å². The van der Waals surface area contributed by atoms with Crippen LogP contribution >= 0.6 is 0 Å². The summed E-state index contributed by atoms with van der Waals surface area (Å²) >= 11 is 0. The normalized spacial score (nSPS) is 28.7. The highest BCUT2D eigenvalue weighted by molar-refractivity contribution is 5.79. The van der Waals surface area contributed by atoms with Crippen molar-refractivity contribution in [2.45, 2.75) is 45.6 Å². The molecule has 3 heteroatoms. The molecule has 0 spiro atoms. The van der Waals surface area contributed by atoms with E-state index in [2.05, 4.69) is 30.9 Å². The van der Waals surface area contributed by atoms with Crippen LogP contribution in [0.1, 0.15) is 39.5 Å². The third kappa shape index (κ3) is 3.35. The molecule has 2 unspecified atom stereocenters. The van der Waals surface area contributed by atoms with E-state index < -0.39 is 0 Å². The maximum Gasteiger partial charge on any atom is 0.226 e. The fourth-order valence-electron chi connectivity index (χ4n) is 2.94. The summed E-state index contributed by atoms with van der Waals surface area (Å²) in [6, 6.07) is 0.289. The van der Waals surface area contributed by atoms with Crippen molar-refractivity contribution < 1.29 is 9.53 Å². The van der Waals surface area contributed by atoms with Crippen LogP contribution in [0.2, 0.25) is 0 Å². The van der Waals surface area contributed by atoms with Crippen LogP contribution in [0.15, 0.2) is 12.2 Å². The van der Waals surface area contributed by atoms with Crippen molar-refractivity contribution in [3.05, 3.63) is 12.2 Å². The Labute approximate surface area is 110 Å². The maximum absolute atomic E-state index is 12.6. The van der Waals surface area contributed by atoms with Gasteiger partial charge < -0.3 is 9.64 Å². The number of hydrogen-bond acceptors (Lipinski definition) is 2. The summed E-state index contributed by atoms with van der Waals surface area (Å²) < 4.78 is 5.54. The molecule has 18 heavy (non-hydrogen) atoms. The predicted octanol–water partition coefficient (Wildman–Crippen LogP) is 2.62. The molecule has 0 bridgehead atoms. The number of carbonyl (C=O) groups excluding carboxylic acids is 1. The zero-order chi connectivity index (χ0) is 13.0. The Balaban J connectivity index is 1.98. The molecule has 1 saturated heterocycles. The smallest absolute Gasteiger partial charge is 0.226 e. The minimum absolute atomic E-state index is 0.211. The molecule has 0 aromatic rings. The van der Waals surface area contributed by atoms with Crippen LogP contribution in [0.5, 0.6) is 0 Å². The lowest BCUT2D eigenvalue weighted by molar-refractivity contribution is -0.145. The van der Waals surface area contributed by atoms with Crippen molar-refractivity contribution in [1.29, 1.82) is 0 Å². The summed E-state index contributed by atoms with van der Waals surface area (Å²) in [4.78, 5) is 14.7. The zero-order valence-electron chi connectivity index (χ0n) is 11.6. The lowest BCUT2D eigenvalue weighted by atomic mass is 9.91. The number of amides is 1. The molecule has 2 aliphatic rings. The van der Waals surface area contributed by atoms with Crippen molar-refractivity contribution in [2.24, 2.45) is 11.8 Å². The number of carbonyl (C=O) groups is 1. The second-order valence-corrected chi connectivity index (χ2v) is 5.87. The highest BCUT2D eigenvalue weighted by Gasteiger charge is 2.31. The molecular formula is C15H25NO2. The van der Waals surface area contributed by atoms with Gasteiger partial charge in [-0.25, -0.2) is 0 Å². The summed E-state index contributed by atoms with van der Waals surface area (Å²) in [5.41, 5.74) is 0. The van der Waals surface area contributed by atoms with Crippen LogP contribution in [0, 0.1) is 11.8 Å². The predicted molar refractivity (Wildman–Crippen MR) is 72.3 cm³/mol. The van der Waals surface area contributed by atoms with Gasteiger partial charge in [-0.15, -0.1) is 0 Å². The van der Waals surface area contributed by atoms with Gasteiger partial charge >= 0.3 is 0 Å². The topological polar surface area (TPSA) is 29.5 Å². The van der Waals surface area contributed by atoms with E-state index in [1.165, 1.54) is 0 Å². The number of rotatable bonds is 3. The Morgan fingerprint density at radius 3 is 2.94 bits per heavy atom. The molecular weight excluding hydrogens is 226 g/mol. The van der Waals surface area contributed by atoms with Crippen LogP contribution in [-0.2, 0) is 9.53 Å². The van der Waals surface area contributed by atoms with Gasteiger partial charge in [0.1, 0.15) is 0 Å². The second-order valence-electron chi connectivity index (χ2n) is 5.87. The molecule has 0 N–H and O–H groups in total. The molecule has 0 aromatic heterocycles. The summed E-state index contributed by atoms with van der Waals surface area (Å²) in [5.74, 6) is 1.18. The highest BCUT2D eigenvalue weighted by Crippen LogP contribution is 2.24. The van der Waals surface area contributed by atoms with Crippen molar-refractivity contribution >= 4 is 5.91 Å². The first kappa shape index (κ1) is 13.6. The van der Waals surface area contributed by atoms with Crippen LogP contribution in [0.4, 0.5) is 0 Å². The highest BCUT2D eigenvalue weighted by atomic mass is 16.5. The Kier molecular flexibility index (Phi) is 4.81. The Morgan fingerprint density at radius 1 is 1.44 bits per heavy atom. The molecule has 1 aliphatic heterocycles. The van der Waals surface area contributed by atoms with E-state index in [0.717, 1.165) is 32.2 Å². The first-order valence-corrected chi connectivity index (χ1v) is 7.21. The number of allylic oxidation sites excluding steroid dienone is 2. The molecule has 1 amide bonds. The van der Waals surface area contributed by atoms with E-state index in [1.54, 1.807) is 0 Å². The van der Waals surface area contributed by atoms with Gasteiger partial charge in [0.15, 0.2) is 0 Å². The van der Waals surface area contributed by atoms with E-state index in [0.29, 0.717) is 25.0 Å². The Morgan fingerprint density at radius 2 is 2.28 bits per heavy atom. The average molecular weight is 251 g/mol. The zero-order valence-corrected chi connectivity index (χ0v) is 11.6. The van der Waals surface area contributed by atoms with Crippen LogP contribution in [0.25, 0.3) is 0 Å². The van der Waals surface area contributed by atoms with Gasteiger partial charge in [0.05, 0.1) is 19.3 Å². The van der Waals surface area contributed by atoms with Crippen molar-refractivity contribution in [3.63, 3.8) is 0 Å². The van der Waals surface area contributed by atoms with Gasteiger partial charge in [-0.1, -0.05) is 26.0 Å². The van der Waals surface area contributed by atoms with E-state index in [-0.39, 0.29) is 12.0 Å². The molecule has 1 fully saturated rings. The quantitative estimate of drug-likeness (QED) is 0.722. The molecule has 3 nitrogen and oxygen atoms in total.